The maximum Gasteiger partial charge on any atom is 0.248 e. The molecule has 2 aromatic carbocycles. The Morgan fingerprint density at radius 3 is 2.77 bits per heavy atom. The Hall–Kier alpha value is -2.96. The topological polar surface area (TPSA) is 98.1 Å². The van der Waals surface area contributed by atoms with Crippen molar-refractivity contribution in [1.82, 2.24) is 14.9 Å². The second kappa shape index (κ2) is 8.81. The van der Waals surface area contributed by atoms with E-state index in [4.69, 9.17) is 23.1 Å². The predicted molar refractivity (Wildman–Crippen MR) is 119 cm³/mol. The molecule has 7 heteroatoms. The highest BCUT2D eigenvalue weighted by atomic mass is 35.5. The highest BCUT2D eigenvalue weighted by Gasteiger charge is 2.29. The minimum atomic E-state index is -0.458. The number of nitrogens with zero attached hydrogens (tertiary/aromatic N) is 3. The number of benzene rings is 2. The lowest BCUT2D eigenvalue weighted by atomic mass is 9.98. The Morgan fingerprint density at radius 1 is 1.20 bits per heavy atom. The summed E-state index contributed by atoms with van der Waals surface area (Å²) in [6.07, 6.45) is 4.77. The summed E-state index contributed by atoms with van der Waals surface area (Å²) >= 11 is 6.00. The summed E-state index contributed by atoms with van der Waals surface area (Å²) in [4.78, 5) is 22.9. The van der Waals surface area contributed by atoms with Crippen molar-refractivity contribution in [2.45, 2.75) is 25.3 Å². The van der Waals surface area contributed by atoms with Gasteiger partial charge in [0.1, 0.15) is 0 Å². The van der Waals surface area contributed by atoms with Crippen LogP contribution in [0, 0.1) is 0 Å². The van der Waals surface area contributed by atoms with Gasteiger partial charge in [0.2, 0.25) is 11.9 Å². The molecule has 0 saturated carbocycles. The van der Waals surface area contributed by atoms with E-state index >= 15 is 0 Å². The van der Waals surface area contributed by atoms with E-state index in [0.717, 1.165) is 54.2 Å². The summed E-state index contributed by atoms with van der Waals surface area (Å²) in [5.41, 5.74) is 15.8. The predicted octanol–water partition coefficient (Wildman–Crippen LogP) is 3.86. The van der Waals surface area contributed by atoms with E-state index in [0.29, 0.717) is 5.56 Å². The van der Waals surface area contributed by atoms with Gasteiger partial charge in [-0.15, -0.1) is 0 Å². The minimum Gasteiger partial charge on any atom is -0.368 e. The molecule has 6 nitrogen and oxygen atoms in total. The number of rotatable bonds is 6. The van der Waals surface area contributed by atoms with Crippen molar-refractivity contribution in [2.24, 2.45) is 5.73 Å². The Kier molecular flexibility index (Phi) is 5.97. The van der Waals surface area contributed by atoms with E-state index in [1.54, 1.807) is 18.3 Å². The van der Waals surface area contributed by atoms with Crippen molar-refractivity contribution >= 4 is 23.5 Å². The maximum atomic E-state index is 11.6. The third-order valence-corrected chi connectivity index (χ3v) is 5.83. The van der Waals surface area contributed by atoms with E-state index in [1.165, 1.54) is 5.56 Å². The molecule has 0 aliphatic carbocycles. The van der Waals surface area contributed by atoms with Gasteiger partial charge in [-0.2, -0.15) is 0 Å². The molecule has 2 heterocycles. The van der Waals surface area contributed by atoms with Crippen LogP contribution in [0.3, 0.4) is 0 Å². The molecule has 4 N–H and O–H groups in total. The highest BCUT2D eigenvalue weighted by Crippen LogP contribution is 2.37. The fourth-order valence-electron chi connectivity index (χ4n) is 4.05. The van der Waals surface area contributed by atoms with E-state index in [9.17, 15) is 4.79 Å². The number of hydrogen-bond donors (Lipinski definition) is 2. The van der Waals surface area contributed by atoms with Crippen LogP contribution in [0.25, 0.3) is 11.1 Å². The molecular weight excluding hydrogens is 398 g/mol. The Labute approximate surface area is 180 Å². The molecule has 1 fully saturated rings. The van der Waals surface area contributed by atoms with Gasteiger partial charge in [0.25, 0.3) is 0 Å². The van der Waals surface area contributed by atoms with Crippen molar-refractivity contribution in [1.29, 1.82) is 0 Å². The maximum absolute atomic E-state index is 11.6. The molecule has 0 bridgehead atoms. The van der Waals surface area contributed by atoms with E-state index < -0.39 is 5.91 Å². The average molecular weight is 422 g/mol. The monoisotopic (exact) mass is 421 g/mol. The first-order valence-electron chi connectivity index (χ1n) is 10.0. The summed E-state index contributed by atoms with van der Waals surface area (Å²) in [6, 6.07) is 15.4. The molecule has 0 radical (unpaired) electrons. The molecule has 30 heavy (non-hydrogen) atoms. The van der Waals surface area contributed by atoms with Crippen LogP contribution in [0.4, 0.5) is 5.95 Å². The van der Waals surface area contributed by atoms with Crippen molar-refractivity contribution in [3.8, 4) is 11.1 Å². The number of primary amides is 1. The number of carbonyl (C=O) groups is 1. The Bertz CT molecular complexity index is 1050. The number of amides is 1. The van der Waals surface area contributed by atoms with Gasteiger partial charge in [-0.1, -0.05) is 35.9 Å². The molecule has 154 valence electrons. The normalized spacial score (nSPS) is 16.6. The van der Waals surface area contributed by atoms with Crippen LogP contribution in [0.1, 0.15) is 40.5 Å². The third kappa shape index (κ3) is 4.45. The quantitative estimate of drug-likeness (QED) is 0.629. The van der Waals surface area contributed by atoms with Gasteiger partial charge in [0.15, 0.2) is 0 Å². The van der Waals surface area contributed by atoms with Crippen LogP contribution in [-0.2, 0) is 6.42 Å². The van der Waals surface area contributed by atoms with Gasteiger partial charge < -0.3 is 11.5 Å². The standard InChI is InChI=1S/C23H24ClN5O/c24-18-8-6-15(7-9-18)10-12-29-11-2-5-20(29)21-19(14-27-23(26)28-21)16-3-1-4-17(13-16)22(25)30/h1,3-4,6-9,13-14,20H,2,5,10-12H2,(H2,25,30)(H2,26,27,28)/t20-/m0/s1. The zero-order valence-electron chi connectivity index (χ0n) is 16.6. The molecule has 1 aromatic heterocycles. The van der Waals surface area contributed by atoms with E-state index in [1.807, 2.05) is 24.3 Å². The fraction of sp³-hybridized carbons (Fsp3) is 0.261. The SMILES string of the molecule is NC(=O)c1cccc(-c2cnc(N)nc2[C@@H]2CCCN2CCc2ccc(Cl)cc2)c1. The van der Waals surface area contributed by atoms with Crippen molar-refractivity contribution in [3.05, 3.63) is 76.6 Å². The van der Waals surface area contributed by atoms with Crippen molar-refractivity contribution in [3.63, 3.8) is 0 Å². The number of likely N-dealkylation sites (tertiary alicyclic amines) is 1. The molecule has 1 aliphatic rings. The first-order valence-corrected chi connectivity index (χ1v) is 10.4. The van der Waals surface area contributed by atoms with Gasteiger partial charge >= 0.3 is 0 Å². The van der Waals surface area contributed by atoms with Crippen molar-refractivity contribution < 1.29 is 4.79 Å². The van der Waals surface area contributed by atoms with Gasteiger partial charge in [0, 0.05) is 28.9 Å². The molecule has 1 amide bonds. The summed E-state index contributed by atoms with van der Waals surface area (Å²) in [7, 11) is 0. The van der Waals surface area contributed by atoms with Crippen LogP contribution in [0.5, 0.6) is 0 Å². The molecule has 0 unspecified atom stereocenters. The number of aromatic nitrogens is 2. The zero-order chi connectivity index (χ0) is 21.1. The summed E-state index contributed by atoms with van der Waals surface area (Å²) in [5, 5.41) is 0.747. The van der Waals surface area contributed by atoms with Gasteiger partial charge in [-0.3, -0.25) is 9.69 Å². The van der Waals surface area contributed by atoms with Crippen LogP contribution >= 0.6 is 11.6 Å². The smallest absolute Gasteiger partial charge is 0.248 e. The van der Waals surface area contributed by atoms with E-state index in [2.05, 4.69) is 27.0 Å². The number of anilines is 1. The first kappa shape index (κ1) is 20.3. The Morgan fingerprint density at radius 2 is 2.00 bits per heavy atom. The number of carbonyl (C=O) groups excluding carboxylic acids is 1. The second-order valence-corrected chi connectivity index (χ2v) is 7.98. The summed E-state index contributed by atoms with van der Waals surface area (Å²) in [6.45, 7) is 1.92. The number of nitrogen functional groups attached to an aromatic ring is 1. The average Bonchev–Trinajstić information content (AvgIpc) is 3.22. The second-order valence-electron chi connectivity index (χ2n) is 7.54. The third-order valence-electron chi connectivity index (χ3n) is 5.58. The van der Waals surface area contributed by atoms with Crippen LogP contribution in [0.15, 0.2) is 54.7 Å². The molecular formula is C23H24ClN5O. The largest absolute Gasteiger partial charge is 0.368 e. The lowest BCUT2D eigenvalue weighted by molar-refractivity contribution is 0.100. The van der Waals surface area contributed by atoms with E-state index in [-0.39, 0.29) is 12.0 Å². The summed E-state index contributed by atoms with van der Waals surface area (Å²) < 4.78 is 0. The first-order chi connectivity index (χ1) is 14.5. The lowest BCUT2D eigenvalue weighted by Gasteiger charge is -2.26. The molecule has 4 rings (SSSR count). The highest BCUT2D eigenvalue weighted by molar-refractivity contribution is 6.30. The van der Waals surface area contributed by atoms with Gasteiger partial charge in [-0.05, 0) is 61.2 Å². The lowest BCUT2D eigenvalue weighted by Crippen LogP contribution is -2.27. The van der Waals surface area contributed by atoms with Crippen molar-refractivity contribution in [2.75, 3.05) is 18.8 Å². The molecule has 3 aromatic rings. The van der Waals surface area contributed by atoms with Crippen LogP contribution in [-0.4, -0.2) is 33.9 Å². The van der Waals surface area contributed by atoms with Crippen LogP contribution in [0.2, 0.25) is 5.02 Å². The number of nitrogens with two attached hydrogens (primary N) is 2. The van der Waals surface area contributed by atoms with Gasteiger partial charge in [-0.25, -0.2) is 9.97 Å². The minimum absolute atomic E-state index is 0.148. The number of halogens is 1. The van der Waals surface area contributed by atoms with Gasteiger partial charge in [0.05, 0.1) is 11.7 Å². The zero-order valence-corrected chi connectivity index (χ0v) is 17.3. The molecule has 0 spiro atoms. The number of hydrogen-bond acceptors (Lipinski definition) is 5. The molecule has 1 atom stereocenters. The molecule has 1 aliphatic heterocycles. The summed E-state index contributed by atoms with van der Waals surface area (Å²) in [5.74, 6) is -0.204. The Balaban J connectivity index is 1.62. The fourth-order valence-corrected chi connectivity index (χ4v) is 4.18. The van der Waals surface area contributed by atoms with Crippen LogP contribution < -0.4 is 11.5 Å². The molecule has 1 saturated heterocycles.